The van der Waals surface area contributed by atoms with Crippen molar-refractivity contribution in [2.24, 2.45) is 0 Å². The van der Waals surface area contributed by atoms with Crippen LogP contribution in [-0.4, -0.2) is 40.5 Å². The van der Waals surface area contributed by atoms with Crippen molar-refractivity contribution in [1.82, 2.24) is 9.78 Å². The molecule has 0 atom stereocenters. The maximum absolute atomic E-state index is 12.1. The van der Waals surface area contributed by atoms with Gasteiger partial charge in [-0.15, -0.1) is 0 Å². The van der Waals surface area contributed by atoms with Crippen molar-refractivity contribution in [3.63, 3.8) is 0 Å². The van der Waals surface area contributed by atoms with E-state index in [1.54, 1.807) is 10.7 Å². The number of hydrogen-bond acceptors (Lipinski definition) is 5. The second-order valence-corrected chi connectivity index (χ2v) is 12.9. The monoisotopic (exact) mass is 413 g/mol. The predicted octanol–water partition coefficient (Wildman–Crippen LogP) is 3.83. The highest BCUT2D eigenvalue weighted by Gasteiger charge is 2.19. The molecule has 0 fully saturated rings. The summed E-state index contributed by atoms with van der Waals surface area (Å²) < 4.78 is 7.27. The third-order valence-corrected chi connectivity index (χ3v) is 5.75. The summed E-state index contributed by atoms with van der Waals surface area (Å²) in [4.78, 5) is 22.5. The SMILES string of the molecule is C[Si](C)(C)CCOCn1nc(C(=O)CBr)c2cc([N+](=O)[O-])ccc21. The van der Waals surface area contributed by atoms with Gasteiger partial charge in [0.25, 0.3) is 5.69 Å². The Hall–Kier alpha value is -1.58. The molecule has 0 saturated heterocycles. The first-order valence-corrected chi connectivity index (χ1v) is 12.4. The highest BCUT2D eigenvalue weighted by molar-refractivity contribution is 9.09. The molecule has 0 N–H and O–H groups in total. The fourth-order valence-corrected chi connectivity index (χ4v) is 3.20. The Bertz CT molecular complexity index is 770. The normalized spacial score (nSPS) is 11.8. The number of nitro groups is 1. The average molecular weight is 414 g/mol. The number of nitrogens with zero attached hydrogens (tertiary/aromatic N) is 3. The molecule has 0 bridgehead atoms. The number of non-ortho nitro benzene ring substituents is 1. The third-order valence-electron chi connectivity index (χ3n) is 3.54. The molecule has 7 nitrogen and oxygen atoms in total. The number of nitro benzene ring substituents is 1. The van der Waals surface area contributed by atoms with Crippen LogP contribution >= 0.6 is 15.9 Å². The molecule has 0 aliphatic rings. The lowest BCUT2D eigenvalue weighted by atomic mass is 10.1. The van der Waals surface area contributed by atoms with Gasteiger partial charge in [0.1, 0.15) is 12.4 Å². The number of ketones is 1. The molecule has 0 spiro atoms. The zero-order valence-corrected chi connectivity index (χ0v) is 16.5. The molecule has 0 unspecified atom stereocenters. The minimum Gasteiger partial charge on any atom is -0.360 e. The van der Waals surface area contributed by atoms with Gasteiger partial charge in [-0.1, -0.05) is 35.6 Å². The molecule has 0 aliphatic heterocycles. The topological polar surface area (TPSA) is 87.3 Å². The van der Waals surface area contributed by atoms with E-state index in [0.29, 0.717) is 17.5 Å². The fraction of sp³-hybridized carbons (Fsp3) is 0.467. The minimum absolute atomic E-state index is 0.0645. The number of halogens is 1. The van der Waals surface area contributed by atoms with Crippen LogP contribution in [0.3, 0.4) is 0 Å². The van der Waals surface area contributed by atoms with Crippen LogP contribution in [0, 0.1) is 10.1 Å². The molecule has 0 aliphatic carbocycles. The number of aromatic nitrogens is 2. The van der Waals surface area contributed by atoms with Crippen LogP contribution in [0.25, 0.3) is 10.9 Å². The van der Waals surface area contributed by atoms with Crippen LogP contribution < -0.4 is 0 Å². The lowest BCUT2D eigenvalue weighted by Gasteiger charge is -2.15. The van der Waals surface area contributed by atoms with Crippen molar-refractivity contribution in [1.29, 1.82) is 0 Å². The first-order chi connectivity index (χ1) is 11.2. The number of benzene rings is 1. The van der Waals surface area contributed by atoms with Crippen molar-refractivity contribution in [2.75, 3.05) is 11.9 Å². The number of carbonyl (C=O) groups excluding carboxylic acids is 1. The molecular formula is C15H20BrN3O4Si. The van der Waals surface area contributed by atoms with E-state index in [2.05, 4.69) is 40.7 Å². The molecule has 130 valence electrons. The largest absolute Gasteiger partial charge is 0.360 e. The van der Waals surface area contributed by atoms with Gasteiger partial charge >= 0.3 is 0 Å². The molecule has 2 aromatic rings. The molecule has 1 aromatic carbocycles. The number of alkyl halides is 1. The van der Waals surface area contributed by atoms with Gasteiger partial charge in [0.05, 0.1) is 15.8 Å². The van der Waals surface area contributed by atoms with Gasteiger partial charge in [0, 0.05) is 32.2 Å². The molecule has 2 rings (SSSR count). The number of carbonyl (C=O) groups is 1. The van der Waals surface area contributed by atoms with Crippen molar-refractivity contribution < 1.29 is 14.5 Å². The van der Waals surface area contributed by atoms with Crippen LogP contribution in [0.1, 0.15) is 10.5 Å². The van der Waals surface area contributed by atoms with E-state index in [4.69, 9.17) is 4.74 Å². The number of Topliss-reactive ketones (excluding diaryl/α,β-unsaturated/α-hetero) is 1. The van der Waals surface area contributed by atoms with Crippen molar-refractivity contribution in [3.05, 3.63) is 34.0 Å². The summed E-state index contributed by atoms with van der Waals surface area (Å²) in [6.07, 6.45) is 0. The molecule has 1 heterocycles. The Morgan fingerprint density at radius 3 is 2.71 bits per heavy atom. The maximum atomic E-state index is 12.1. The molecular weight excluding hydrogens is 394 g/mol. The number of rotatable bonds is 8. The standard InChI is InChI=1S/C15H20BrN3O4Si/c1-24(2,3)7-6-23-10-18-13-5-4-11(19(21)22)8-12(13)15(17-18)14(20)9-16/h4-5,8H,6-7,9-10H2,1-3H3. The summed E-state index contributed by atoms with van der Waals surface area (Å²) in [7, 11) is -1.18. The molecule has 1 aromatic heterocycles. The Morgan fingerprint density at radius 1 is 1.42 bits per heavy atom. The molecule has 0 saturated carbocycles. The maximum Gasteiger partial charge on any atom is 0.270 e. The molecule has 24 heavy (non-hydrogen) atoms. The van der Waals surface area contributed by atoms with E-state index >= 15 is 0 Å². The summed E-state index contributed by atoms with van der Waals surface area (Å²) in [5.41, 5.74) is 0.808. The van der Waals surface area contributed by atoms with E-state index in [9.17, 15) is 14.9 Å². The van der Waals surface area contributed by atoms with E-state index in [1.165, 1.54) is 12.1 Å². The zero-order valence-electron chi connectivity index (χ0n) is 13.9. The van der Waals surface area contributed by atoms with Crippen molar-refractivity contribution in [2.45, 2.75) is 32.4 Å². The Labute approximate surface area is 149 Å². The van der Waals surface area contributed by atoms with Crippen LogP contribution in [0.4, 0.5) is 5.69 Å². The summed E-state index contributed by atoms with van der Waals surface area (Å²) in [5.74, 6) is -0.221. The van der Waals surface area contributed by atoms with E-state index in [0.717, 1.165) is 6.04 Å². The van der Waals surface area contributed by atoms with E-state index in [1.807, 2.05) is 0 Å². The molecule has 0 radical (unpaired) electrons. The second-order valence-electron chi connectivity index (χ2n) is 6.71. The minimum atomic E-state index is -1.18. The average Bonchev–Trinajstić information content (AvgIpc) is 2.88. The molecule has 0 amide bonds. The van der Waals surface area contributed by atoms with E-state index in [-0.39, 0.29) is 29.2 Å². The number of ether oxygens (including phenoxy) is 1. The van der Waals surface area contributed by atoms with Crippen LogP contribution in [0.15, 0.2) is 18.2 Å². The van der Waals surface area contributed by atoms with Gasteiger partial charge in [-0.2, -0.15) is 5.10 Å². The number of fused-ring (bicyclic) bond motifs is 1. The third kappa shape index (κ3) is 4.49. The Morgan fingerprint density at radius 2 is 2.12 bits per heavy atom. The zero-order chi connectivity index (χ0) is 17.9. The van der Waals surface area contributed by atoms with Gasteiger partial charge in [0.15, 0.2) is 5.78 Å². The Balaban J connectivity index is 2.30. The summed E-state index contributed by atoms with van der Waals surface area (Å²) >= 11 is 3.12. The fourth-order valence-electron chi connectivity index (χ4n) is 2.18. The lowest BCUT2D eigenvalue weighted by molar-refractivity contribution is -0.384. The van der Waals surface area contributed by atoms with Crippen LogP contribution in [-0.2, 0) is 11.5 Å². The van der Waals surface area contributed by atoms with Crippen molar-refractivity contribution >= 4 is 46.4 Å². The highest BCUT2D eigenvalue weighted by Crippen LogP contribution is 2.25. The van der Waals surface area contributed by atoms with Crippen LogP contribution in [0.2, 0.25) is 25.7 Å². The smallest absolute Gasteiger partial charge is 0.270 e. The first-order valence-electron chi connectivity index (χ1n) is 7.55. The van der Waals surface area contributed by atoms with E-state index < -0.39 is 13.0 Å². The summed E-state index contributed by atoms with van der Waals surface area (Å²) in [6.45, 7) is 7.66. The first kappa shape index (κ1) is 18.8. The molecule has 9 heteroatoms. The van der Waals surface area contributed by atoms with Gasteiger partial charge in [-0.05, 0) is 12.1 Å². The lowest BCUT2D eigenvalue weighted by Crippen LogP contribution is -2.22. The number of hydrogen-bond donors (Lipinski definition) is 0. The predicted molar refractivity (Wildman–Crippen MR) is 98.6 cm³/mol. The van der Waals surface area contributed by atoms with Gasteiger partial charge in [-0.3, -0.25) is 14.9 Å². The van der Waals surface area contributed by atoms with Gasteiger partial charge in [0.2, 0.25) is 0 Å². The summed E-state index contributed by atoms with van der Waals surface area (Å²) in [6, 6.07) is 5.43. The quantitative estimate of drug-likeness (QED) is 0.164. The van der Waals surface area contributed by atoms with Gasteiger partial charge < -0.3 is 4.74 Å². The summed E-state index contributed by atoms with van der Waals surface area (Å²) in [5, 5.41) is 15.8. The highest BCUT2D eigenvalue weighted by atomic mass is 79.9. The Kier molecular flexibility index (Phi) is 5.89. The van der Waals surface area contributed by atoms with Crippen LogP contribution in [0.5, 0.6) is 0 Å². The van der Waals surface area contributed by atoms with Gasteiger partial charge in [-0.25, -0.2) is 4.68 Å². The van der Waals surface area contributed by atoms with Crippen molar-refractivity contribution in [3.8, 4) is 0 Å². The second kappa shape index (κ2) is 7.54.